The van der Waals surface area contributed by atoms with Gasteiger partial charge in [-0.3, -0.25) is 23.5 Å². The van der Waals surface area contributed by atoms with E-state index < -0.39 is 11.1 Å². The number of nitrogens with zero attached hydrogens (tertiary/aromatic N) is 4. The van der Waals surface area contributed by atoms with E-state index in [1.807, 2.05) is 31.2 Å². The van der Waals surface area contributed by atoms with Gasteiger partial charge in [-0.05, 0) is 31.2 Å². The maximum absolute atomic E-state index is 12.9. The summed E-state index contributed by atoms with van der Waals surface area (Å²) in [5, 5.41) is 0. The predicted octanol–water partition coefficient (Wildman–Crippen LogP) is 1.76. The molecule has 0 spiro atoms. The second kappa shape index (κ2) is 10.3. The fourth-order valence-electron chi connectivity index (χ4n) is 4.09. The molecule has 4 rings (SSSR count). The van der Waals surface area contributed by atoms with E-state index in [0.717, 1.165) is 16.0 Å². The second-order valence-corrected chi connectivity index (χ2v) is 7.85. The lowest BCUT2D eigenvalue weighted by molar-refractivity contribution is -0.132. The molecule has 9 nitrogen and oxygen atoms in total. The van der Waals surface area contributed by atoms with Gasteiger partial charge in [-0.2, -0.15) is 0 Å². The van der Waals surface area contributed by atoms with Gasteiger partial charge in [0.25, 0.3) is 0 Å². The molecule has 3 aromatic rings. The van der Waals surface area contributed by atoms with Gasteiger partial charge in [0.2, 0.25) is 5.91 Å². The van der Waals surface area contributed by atoms with E-state index in [0.29, 0.717) is 44.2 Å². The molecule has 0 unspecified atom stereocenters. The number of hydrogen-bond acceptors (Lipinski definition) is 6. The Kier molecular flexibility index (Phi) is 7.01. The number of piperazine rings is 1. The summed E-state index contributed by atoms with van der Waals surface area (Å²) >= 11 is 0. The highest BCUT2D eigenvalue weighted by atomic mass is 16.5. The van der Waals surface area contributed by atoms with Crippen LogP contribution in [0.1, 0.15) is 6.92 Å². The number of aromatic nitrogens is 2. The fraction of sp³-hybridized carbons (Fsp3) is 0.320. The van der Waals surface area contributed by atoms with Crippen molar-refractivity contribution in [3.05, 3.63) is 81.6 Å². The Hall–Kier alpha value is -4.01. The number of carbonyl (C=O) groups excluding carboxylic acids is 1. The van der Waals surface area contributed by atoms with Crippen molar-refractivity contribution in [1.82, 2.24) is 14.0 Å². The third-order valence-corrected chi connectivity index (χ3v) is 5.85. The van der Waals surface area contributed by atoms with Crippen molar-refractivity contribution >= 4 is 11.6 Å². The first-order valence-corrected chi connectivity index (χ1v) is 11.2. The van der Waals surface area contributed by atoms with Crippen molar-refractivity contribution in [3.63, 3.8) is 0 Å². The number of hydrogen-bond donors (Lipinski definition) is 0. The van der Waals surface area contributed by atoms with Crippen LogP contribution in [-0.2, 0) is 11.3 Å². The molecule has 1 fully saturated rings. The van der Waals surface area contributed by atoms with Gasteiger partial charge in [-0.25, -0.2) is 0 Å². The molecule has 0 saturated carbocycles. The smallest absolute Gasteiger partial charge is 0.321 e. The number of ether oxygens (including phenoxy) is 2. The van der Waals surface area contributed by atoms with Gasteiger partial charge in [0.05, 0.1) is 25.1 Å². The maximum atomic E-state index is 12.9. The molecule has 178 valence electrons. The van der Waals surface area contributed by atoms with E-state index in [1.165, 1.54) is 17.0 Å². The lowest BCUT2D eigenvalue weighted by atomic mass is 10.2. The highest BCUT2D eigenvalue weighted by molar-refractivity contribution is 5.76. The zero-order valence-corrected chi connectivity index (χ0v) is 19.3. The Morgan fingerprint density at radius 1 is 0.853 bits per heavy atom. The van der Waals surface area contributed by atoms with Crippen LogP contribution in [0.3, 0.4) is 0 Å². The van der Waals surface area contributed by atoms with Crippen molar-refractivity contribution in [1.29, 1.82) is 0 Å². The van der Waals surface area contributed by atoms with Gasteiger partial charge >= 0.3 is 11.1 Å². The number of benzene rings is 2. The lowest BCUT2D eigenvalue weighted by Gasteiger charge is -2.36. The standard InChI is InChI=1S/C25H28N4O5/c1-3-34-22-11-7-5-9-20(22)29-17-16-28(24(31)25(29)32)18-23(30)27-14-12-26(13-15-27)19-8-4-6-10-21(19)33-2/h4-11,16-17H,3,12-15,18H2,1-2H3. The summed E-state index contributed by atoms with van der Waals surface area (Å²) in [6, 6.07) is 14.8. The van der Waals surface area contributed by atoms with Gasteiger partial charge < -0.3 is 19.3 Å². The SMILES string of the molecule is CCOc1ccccc1-n1ccn(CC(=O)N2CCN(c3ccccc3OC)CC2)c(=O)c1=O. The molecule has 0 radical (unpaired) electrons. The molecule has 1 amide bonds. The Bertz CT molecular complexity index is 1270. The minimum Gasteiger partial charge on any atom is -0.495 e. The molecule has 9 heteroatoms. The number of carbonyl (C=O) groups is 1. The van der Waals surface area contributed by atoms with E-state index in [2.05, 4.69) is 4.90 Å². The average molecular weight is 465 g/mol. The molecule has 2 heterocycles. The van der Waals surface area contributed by atoms with Crippen LogP contribution in [-0.4, -0.2) is 59.8 Å². The largest absolute Gasteiger partial charge is 0.495 e. The Balaban J connectivity index is 1.46. The minimum absolute atomic E-state index is 0.184. The molecule has 2 aromatic carbocycles. The zero-order valence-electron chi connectivity index (χ0n) is 19.3. The summed E-state index contributed by atoms with van der Waals surface area (Å²) in [4.78, 5) is 42.3. The predicted molar refractivity (Wildman–Crippen MR) is 129 cm³/mol. The maximum Gasteiger partial charge on any atom is 0.321 e. The number of para-hydroxylation sites is 4. The quantitative estimate of drug-likeness (QED) is 0.496. The van der Waals surface area contributed by atoms with E-state index in [4.69, 9.17) is 9.47 Å². The van der Waals surface area contributed by atoms with E-state index >= 15 is 0 Å². The van der Waals surface area contributed by atoms with Crippen LogP contribution in [0.15, 0.2) is 70.5 Å². The molecule has 0 bridgehead atoms. The Labute approximate surface area is 197 Å². The summed E-state index contributed by atoms with van der Waals surface area (Å²) in [5.41, 5.74) is -0.0140. The molecule has 0 aliphatic carbocycles. The number of anilines is 1. The van der Waals surface area contributed by atoms with Crippen molar-refractivity contribution in [2.45, 2.75) is 13.5 Å². The molecular weight excluding hydrogens is 436 g/mol. The summed E-state index contributed by atoms with van der Waals surface area (Å²) < 4.78 is 13.4. The molecule has 1 aliphatic heterocycles. The summed E-state index contributed by atoms with van der Waals surface area (Å²) in [6.45, 7) is 4.43. The van der Waals surface area contributed by atoms with Crippen molar-refractivity contribution in [2.75, 3.05) is 44.8 Å². The van der Waals surface area contributed by atoms with Gasteiger partial charge in [0, 0.05) is 38.6 Å². The van der Waals surface area contributed by atoms with Crippen LogP contribution in [0, 0.1) is 0 Å². The molecular formula is C25H28N4O5. The van der Waals surface area contributed by atoms with Crippen molar-refractivity contribution in [3.8, 4) is 17.2 Å². The van der Waals surface area contributed by atoms with E-state index in [-0.39, 0.29) is 12.5 Å². The van der Waals surface area contributed by atoms with Crippen molar-refractivity contribution < 1.29 is 14.3 Å². The average Bonchev–Trinajstić information content (AvgIpc) is 2.88. The second-order valence-electron chi connectivity index (χ2n) is 7.85. The van der Waals surface area contributed by atoms with E-state index in [9.17, 15) is 14.4 Å². The first kappa shape index (κ1) is 23.2. The molecule has 1 aliphatic rings. The molecule has 1 aromatic heterocycles. The first-order chi connectivity index (χ1) is 16.5. The van der Waals surface area contributed by atoms with Gasteiger partial charge in [0.15, 0.2) is 0 Å². The Morgan fingerprint density at radius 3 is 2.18 bits per heavy atom. The number of methoxy groups -OCH3 is 1. The third kappa shape index (κ3) is 4.68. The van der Waals surface area contributed by atoms with Gasteiger partial charge in [-0.1, -0.05) is 24.3 Å². The molecule has 1 saturated heterocycles. The zero-order chi connectivity index (χ0) is 24.1. The normalized spacial score (nSPS) is 13.6. The monoisotopic (exact) mass is 464 g/mol. The van der Waals surface area contributed by atoms with Crippen LogP contribution in [0.5, 0.6) is 11.5 Å². The highest BCUT2D eigenvalue weighted by Gasteiger charge is 2.23. The highest BCUT2D eigenvalue weighted by Crippen LogP contribution is 2.28. The van der Waals surface area contributed by atoms with Gasteiger partial charge in [0.1, 0.15) is 18.0 Å². The third-order valence-electron chi connectivity index (χ3n) is 5.85. The molecule has 34 heavy (non-hydrogen) atoms. The Morgan fingerprint density at radius 2 is 1.50 bits per heavy atom. The van der Waals surface area contributed by atoms with E-state index in [1.54, 1.807) is 36.3 Å². The first-order valence-electron chi connectivity index (χ1n) is 11.2. The summed E-state index contributed by atoms with van der Waals surface area (Å²) in [6.07, 6.45) is 2.96. The lowest BCUT2D eigenvalue weighted by Crippen LogP contribution is -2.51. The van der Waals surface area contributed by atoms with Gasteiger partial charge in [-0.15, -0.1) is 0 Å². The van der Waals surface area contributed by atoms with Crippen LogP contribution in [0.2, 0.25) is 0 Å². The van der Waals surface area contributed by atoms with Crippen LogP contribution in [0.25, 0.3) is 5.69 Å². The molecule has 0 atom stereocenters. The van der Waals surface area contributed by atoms with Crippen molar-refractivity contribution in [2.24, 2.45) is 0 Å². The van der Waals surface area contributed by atoms with Crippen LogP contribution in [0.4, 0.5) is 5.69 Å². The minimum atomic E-state index is -0.755. The number of rotatable bonds is 7. The van der Waals surface area contributed by atoms with Crippen LogP contribution >= 0.6 is 0 Å². The summed E-state index contributed by atoms with van der Waals surface area (Å²) in [5.74, 6) is 1.10. The summed E-state index contributed by atoms with van der Waals surface area (Å²) in [7, 11) is 1.64. The van der Waals surface area contributed by atoms with Crippen LogP contribution < -0.4 is 25.5 Å². The molecule has 0 N–H and O–H groups in total. The fourth-order valence-corrected chi connectivity index (χ4v) is 4.09. The topological polar surface area (TPSA) is 86.0 Å². The number of amides is 1.